The quantitative estimate of drug-likeness (QED) is 0.571. The third kappa shape index (κ3) is 2.31. The van der Waals surface area contributed by atoms with Crippen molar-refractivity contribution in [2.24, 2.45) is 5.41 Å². The standard InChI is InChI=1S/C10H18O2/c1-9(11)10(6-7-10)5-3-4-8-12-2/h3-8H2,1-2H3. The van der Waals surface area contributed by atoms with E-state index in [0.717, 1.165) is 38.7 Å². The van der Waals surface area contributed by atoms with E-state index in [4.69, 9.17) is 4.74 Å². The van der Waals surface area contributed by atoms with Gasteiger partial charge in [-0.1, -0.05) is 6.42 Å². The van der Waals surface area contributed by atoms with Crippen molar-refractivity contribution in [1.82, 2.24) is 0 Å². The van der Waals surface area contributed by atoms with Crippen molar-refractivity contribution in [3.8, 4) is 0 Å². The van der Waals surface area contributed by atoms with Crippen LogP contribution in [0, 0.1) is 5.41 Å². The number of carbonyl (C=O) groups is 1. The predicted molar refractivity (Wildman–Crippen MR) is 48.1 cm³/mol. The molecule has 1 aliphatic rings. The zero-order valence-electron chi connectivity index (χ0n) is 8.06. The lowest BCUT2D eigenvalue weighted by molar-refractivity contribution is -0.122. The van der Waals surface area contributed by atoms with Crippen LogP contribution in [0.1, 0.15) is 39.0 Å². The third-order valence-electron chi connectivity index (χ3n) is 2.85. The van der Waals surface area contributed by atoms with Gasteiger partial charge in [-0.05, 0) is 32.6 Å². The normalized spacial score (nSPS) is 19.2. The van der Waals surface area contributed by atoms with E-state index in [1.165, 1.54) is 0 Å². The molecule has 0 saturated heterocycles. The Balaban J connectivity index is 2.10. The summed E-state index contributed by atoms with van der Waals surface area (Å²) in [6, 6.07) is 0. The summed E-state index contributed by atoms with van der Waals surface area (Å²) < 4.78 is 4.95. The fourth-order valence-electron chi connectivity index (χ4n) is 1.64. The van der Waals surface area contributed by atoms with Crippen LogP contribution in [0.15, 0.2) is 0 Å². The molecule has 2 nitrogen and oxygen atoms in total. The number of carbonyl (C=O) groups excluding carboxylic acids is 1. The average molecular weight is 170 g/mol. The number of rotatable bonds is 6. The van der Waals surface area contributed by atoms with Gasteiger partial charge in [0.05, 0.1) is 0 Å². The van der Waals surface area contributed by atoms with E-state index in [1.807, 2.05) is 0 Å². The van der Waals surface area contributed by atoms with E-state index in [9.17, 15) is 4.79 Å². The monoisotopic (exact) mass is 170 g/mol. The number of methoxy groups -OCH3 is 1. The lowest BCUT2D eigenvalue weighted by Crippen LogP contribution is -2.11. The van der Waals surface area contributed by atoms with Crippen molar-refractivity contribution >= 4 is 5.78 Å². The van der Waals surface area contributed by atoms with Crippen LogP contribution < -0.4 is 0 Å². The van der Waals surface area contributed by atoms with Gasteiger partial charge >= 0.3 is 0 Å². The van der Waals surface area contributed by atoms with E-state index in [-0.39, 0.29) is 5.41 Å². The molecule has 0 bridgehead atoms. The third-order valence-corrected chi connectivity index (χ3v) is 2.85. The molecule has 0 aliphatic heterocycles. The summed E-state index contributed by atoms with van der Waals surface area (Å²) in [4.78, 5) is 11.2. The molecule has 0 aromatic rings. The maximum Gasteiger partial charge on any atom is 0.135 e. The summed E-state index contributed by atoms with van der Waals surface area (Å²) in [5, 5.41) is 0. The molecule has 0 unspecified atom stereocenters. The van der Waals surface area contributed by atoms with Gasteiger partial charge in [-0.15, -0.1) is 0 Å². The second-order valence-corrected chi connectivity index (χ2v) is 3.79. The van der Waals surface area contributed by atoms with Gasteiger partial charge in [0.1, 0.15) is 5.78 Å². The Kier molecular flexibility index (Phi) is 3.27. The molecular weight excluding hydrogens is 152 g/mol. The van der Waals surface area contributed by atoms with Crippen molar-refractivity contribution in [1.29, 1.82) is 0 Å². The highest BCUT2D eigenvalue weighted by Crippen LogP contribution is 2.50. The average Bonchev–Trinajstić information content (AvgIpc) is 2.79. The highest BCUT2D eigenvalue weighted by molar-refractivity contribution is 5.84. The summed E-state index contributed by atoms with van der Waals surface area (Å²) in [5.41, 5.74) is 0.105. The van der Waals surface area contributed by atoms with Crippen LogP contribution in [0.4, 0.5) is 0 Å². The van der Waals surface area contributed by atoms with E-state index in [2.05, 4.69) is 0 Å². The van der Waals surface area contributed by atoms with Crippen molar-refractivity contribution < 1.29 is 9.53 Å². The topological polar surface area (TPSA) is 26.3 Å². The Labute approximate surface area is 74.3 Å². The molecule has 70 valence electrons. The van der Waals surface area contributed by atoms with Gasteiger partial charge in [0.25, 0.3) is 0 Å². The van der Waals surface area contributed by atoms with Crippen LogP contribution >= 0.6 is 0 Å². The predicted octanol–water partition coefficient (Wildman–Crippen LogP) is 2.17. The first-order valence-electron chi connectivity index (χ1n) is 4.71. The van der Waals surface area contributed by atoms with Crippen molar-refractivity contribution in [3.05, 3.63) is 0 Å². The highest BCUT2D eigenvalue weighted by Gasteiger charge is 2.45. The molecule has 1 saturated carbocycles. The van der Waals surface area contributed by atoms with Crippen molar-refractivity contribution in [2.45, 2.75) is 39.0 Å². The van der Waals surface area contributed by atoms with Crippen molar-refractivity contribution in [3.63, 3.8) is 0 Å². The summed E-state index contributed by atoms with van der Waals surface area (Å²) in [6.45, 7) is 2.55. The second kappa shape index (κ2) is 4.04. The minimum Gasteiger partial charge on any atom is -0.385 e. The summed E-state index contributed by atoms with van der Waals surface area (Å²) in [6.07, 6.45) is 5.54. The van der Waals surface area contributed by atoms with Gasteiger partial charge in [-0.25, -0.2) is 0 Å². The van der Waals surface area contributed by atoms with Crippen molar-refractivity contribution in [2.75, 3.05) is 13.7 Å². The van der Waals surface area contributed by atoms with Gasteiger partial charge in [0.2, 0.25) is 0 Å². The number of hydrogen-bond acceptors (Lipinski definition) is 2. The number of hydrogen-bond donors (Lipinski definition) is 0. The fourth-order valence-corrected chi connectivity index (χ4v) is 1.64. The molecule has 12 heavy (non-hydrogen) atoms. The van der Waals surface area contributed by atoms with E-state index in [1.54, 1.807) is 14.0 Å². The first-order chi connectivity index (χ1) is 5.71. The lowest BCUT2D eigenvalue weighted by atomic mass is 9.95. The molecule has 0 spiro atoms. The Bertz CT molecular complexity index is 159. The van der Waals surface area contributed by atoms with Crippen LogP contribution in [0.2, 0.25) is 0 Å². The van der Waals surface area contributed by atoms with Gasteiger partial charge in [0.15, 0.2) is 0 Å². The minimum atomic E-state index is 0.105. The second-order valence-electron chi connectivity index (χ2n) is 3.79. The van der Waals surface area contributed by atoms with Gasteiger partial charge in [0, 0.05) is 19.1 Å². The van der Waals surface area contributed by atoms with Crippen LogP contribution in [-0.4, -0.2) is 19.5 Å². The number of ketones is 1. The van der Waals surface area contributed by atoms with Gasteiger partial charge in [-0.3, -0.25) is 4.79 Å². The molecule has 0 radical (unpaired) electrons. The molecule has 0 heterocycles. The molecular formula is C10H18O2. The maximum atomic E-state index is 11.2. The SMILES string of the molecule is COCCCCC1(C(C)=O)CC1. The van der Waals surface area contributed by atoms with E-state index >= 15 is 0 Å². The number of Topliss-reactive ketones (excluding diaryl/α,β-unsaturated/α-hetero) is 1. The lowest BCUT2D eigenvalue weighted by Gasteiger charge is -2.09. The first kappa shape index (κ1) is 9.72. The van der Waals surface area contributed by atoms with E-state index in [0.29, 0.717) is 5.78 Å². The van der Waals surface area contributed by atoms with Crippen LogP contribution in [0.3, 0.4) is 0 Å². The van der Waals surface area contributed by atoms with Crippen LogP contribution in [0.5, 0.6) is 0 Å². The maximum absolute atomic E-state index is 11.2. The number of unbranched alkanes of at least 4 members (excludes halogenated alkanes) is 1. The first-order valence-corrected chi connectivity index (χ1v) is 4.71. The summed E-state index contributed by atoms with van der Waals surface area (Å²) >= 11 is 0. The fraction of sp³-hybridized carbons (Fsp3) is 0.900. The van der Waals surface area contributed by atoms with Gasteiger partial charge in [-0.2, -0.15) is 0 Å². The number of ether oxygens (including phenoxy) is 1. The summed E-state index contributed by atoms with van der Waals surface area (Å²) in [5.74, 6) is 0.389. The zero-order valence-corrected chi connectivity index (χ0v) is 8.06. The Morgan fingerprint density at radius 1 is 1.42 bits per heavy atom. The molecule has 0 amide bonds. The van der Waals surface area contributed by atoms with Gasteiger partial charge < -0.3 is 4.74 Å². The molecule has 0 N–H and O–H groups in total. The highest BCUT2D eigenvalue weighted by atomic mass is 16.5. The minimum absolute atomic E-state index is 0.105. The molecule has 1 aliphatic carbocycles. The summed E-state index contributed by atoms with van der Waals surface area (Å²) in [7, 11) is 1.72. The van der Waals surface area contributed by atoms with Crippen LogP contribution in [0.25, 0.3) is 0 Å². The Morgan fingerprint density at radius 3 is 2.50 bits per heavy atom. The molecule has 1 fully saturated rings. The molecule has 2 heteroatoms. The Hall–Kier alpha value is -0.370. The molecule has 0 aromatic carbocycles. The zero-order chi connectivity index (χ0) is 9.03. The smallest absolute Gasteiger partial charge is 0.135 e. The Morgan fingerprint density at radius 2 is 2.08 bits per heavy atom. The molecule has 0 atom stereocenters. The van der Waals surface area contributed by atoms with E-state index < -0.39 is 0 Å². The molecule has 0 aromatic heterocycles. The van der Waals surface area contributed by atoms with Crippen LogP contribution in [-0.2, 0) is 9.53 Å². The molecule has 1 rings (SSSR count). The largest absolute Gasteiger partial charge is 0.385 e.